The van der Waals surface area contributed by atoms with E-state index in [0.29, 0.717) is 4.68 Å². The lowest BCUT2D eigenvalue weighted by molar-refractivity contribution is -0.208. The average Bonchev–Trinajstić information content (AvgIpc) is 2.43. The van der Waals surface area contributed by atoms with Gasteiger partial charge in [-0.3, -0.25) is 4.68 Å². The zero-order chi connectivity index (χ0) is 12.7. The lowest BCUT2D eigenvalue weighted by Gasteiger charge is -2.13. The molecule has 1 N–H and O–H groups in total. The Morgan fingerprint density at radius 1 is 1.25 bits per heavy atom. The Kier molecular flexibility index (Phi) is 2.92. The largest absolute Gasteiger partial charge is 0.435 e. The van der Waals surface area contributed by atoms with Crippen LogP contribution in [0.15, 0.2) is 6.07 Å². The number of hydrogen-bond acceptors (Lipinski definition) is 2. The molecule has 0 aliphatic carbocycles. The summed E-state index contributed by atoms with van der Waals surface area (Å²) in [7, 11) is 0.888. The summed E-state index contributed by atoms with van der Waals surface area (Å²) in [5.41, 5.74) is -2.44. The van der Waals surface area contributed by atoms with E-state index in [9.17, 15) is 26.3 Å². The highest BCUT2D eigenvalue weighted by molar-refractivity contribution is 5.16. The Balaban J connectivity index is 3.13. The van der Waals surface area contributed by atoms with E-state index >= 15 is 0 Å². The van der Waals surface area contributed by atoms with E-state index < -0.39 is 29.8 Å². The van der Waals surface area contributed by atoms with Gasteiger partial charge in [-0.15, -0.1) is 0 Å². The molecule has 0 fully saturated rings. The van der Waals surface area contributed by atoms with Gasteiger partial charge in [-0.2, -0.15) is 31.4 Å². The second-order valence-electron chi connectivity index (χ2n) is 3.02. The number of aliphatic hydroxyl groups is 1. The van der Waals surface area contributed by atoms with Gasteiger partial charge in [0.25, 0.3) is 0 Å². The van der Waals surface area contributed by atoms with Crippen LogP contribution in [0.4, 0.5) is 26.3 Å². The standard InChI is InChI=1S/C7H6F6N2O/c1-15-3(5(16)7(11,12)13)2-4(14-15)6(8,9)10/h2,5,16H,1H3/t5-/m1/s1. The normalized spacial score (nSPS) is 15.2. The van der Waals surface area contributed by atoms with E-state index in [1.54, 1.807) is 0 Å². The molecule has 9 heteroatoms. The average molecular weight is 248 g/mol. The second-order valence-corrected chi connectivity index (χ2v) is 3.02. The van der Waals surface area contributed by atoms with Gasteiger partial charge in [0.05, 0.1) is 5.69 Å². The van der Waals surface area contributed by atoms with E-state index in [1.807, 2.05) is 0 Å². The number of nitrogens with zero attached hydrogens (tertiary/aromatic N) is 2. The van der Waals surface area contributed by atoms with Crippen LogP contribution in [0.2, 0.25) is 0 Å². The summed E-state index contributed by atoms with van der Waals surface area (Å²) < 4.78 is 72.8. The van der Waals surface area contributed by atoms with Crippen LogP contribution in [-0.2, 0) is 13.2 Å². The van der Waals surface area contributed by atoms with Gasteiger partial charge in [0.15, 0.2) is 11.8 Å². The molecule has 0 unspecified atom stereocenters. The second kappa shape index (κ2) is 3.65. The lowest BCUT2D eigenvalue weighted by atomic mass is 10.2. The number of rotatable bonds is 1. The van der Waals surface area contributed by atoms with Crippen molar-refractivity contribution in [3.63, 3.8) is 0 Å². The van der Waals surface area contributed by atoms with E-state index in [2.05, 4.69) is 5.10 Å². The first kappa shape index (κ1) is 12.8. The zero-order valence-corrected chi connectivity index (χ0v) is 7.76. The molecule has 16 heavy (non-hydrogen) atoms. The predicted molar refractivity (Wildman–Crippen MR) is 39.2 cm³/mol. The Hall–Kier alpha value is -1.25. The van der Waals surface area contributed by atoms with Crippen molar-refractivity contribution in [3.8, 4) is 0 Å². The molecule has 1 atom stereocenters. The van der Waals surface area contributed by atoms with E-state index in [0.717, 1.165) is 7.05 Å². The van der Waals surface area contributed by atoms with E-state index in [1.165, 1.54) is 0 Å². The molecule has 0 aliphatic heterocycles. The minimum atomic E-state index is -5.03. The Labute approximate surface area is 85.3 Å². The van der Waals surface area contributed by atoms with Gasteiger partial charge in [-0.05, 0) is 6.07 Å². The Morgan fingerprint density at radius 3 is 2.06 bits per heavy atom. The first-order valence-electron chi connectivity index (χ1n) is 3.89. The molecule has 0 spiro atoms. The topological polar surface area (TPSA) is 38.0 Å². The molecule has 0 aliphatic rings. The quantitative estimate of drug-likeness (QED) is 0.772. The molecule has 0 amide bonds. The van der Waals surface area contributed by atoms with Gasteiger partial charge in [0, 0.05) is 7.05 Å². The number of alkyl halides is 6. The predicted octanol–water partition coefficient (Wildman–Crippen LogP) is 2.03. The van der Waals surface area contributed by atoms with Crippen molar-refractivity contribution in [3.05, 3.63) is 17.5 Å². The van der Waals surface area contributed by atoms with Crippen LogP contribution < -0.4 is 0 Å². The minimum absolute atomic E-state index is 0.165. The van der Waals surface area contributed by atoms with Crippen LogP contribution in [-0.4, -0.2) is 21.1 Å². The summed E-state index contributed by atoms with van der Waals surface area (Å²) in [6.07, 6.45) is -12.9. The highest BCUT2D eigenvalue weighted by Crippen LogP contribution is 2.35. The number of aryl methyl sites for hydroxylation is 1. The zero-order valence-electron chi connectivity index (χ0n) is 7.76. The van der Waals surface area contributed by atoms with E-state index in [-0.39, 0.29) is 6.07 Å². The summed E-state index contributed by atoms with van der Waals surface area (Å²) in [5.74, 6) is 0. The minimum Gasteiger partial charge on any atom is -0.378 e. The van der Waals surface area contributed by atoms with Crippen molar-refractivity contribution in [2.45, 2.75) is 18.5 Å². The van der Waals surface area contributed by atoms with Crippen molar-refractivity contribution in [2.75, 3.05) is 0 Å². The first-order chi connectivity index (χ1) is 7.03. The van der Waals surface area contributed by atoms with Crippen LogP contribution in [0, 0.1) is 0 Å². The molecular weight excluding hydrogens is 242 g/mol. The molecule has 92 valence electrons. The fourth-order valence-corrected chi connectivity index (χ4v) is 1.04. The number of hydrogen-bond donors (Lipinski definition) is 1. The highest BCUT2D eigenvalue weighted by atomic mass is 19.4. The molecule has 1 heterocycles. The maximum absolute atomic E-state index is 12.1. The smallest absolute Gasteiger partial charge is 0.378 e. The van der Waals surface area contributed by atoms with Crippen LogP contribution in [0.3, 0.4) is 0 Å². The summed E-state index contributed by atoms with van der Waals surface area (Å²) in [6.45, 7) is 0. The number of aliphatic hydroxyl groups excluding tert-OH is 1. The number of aromatic nitrogens is 2. The number of halogens is 6. The Morgan fingerprint density at radius 2 is 1.75 bits per heavy atom. The first-order valence-corrected chi connectivity index (χ1v) is 3.89. The highest BCUT2D eigenvalue weighted by Gasteiger charge is 2.43. The Bertz CT molecular complexity index is 379. The summed E-state index contributed by atoms with van der Waals surface area (Å²) in [4.78, 5) is 0. The molecule has 0 bridgehead atoms. The third-order valence-corrected chi connectivity index (χ3v) is 1.80. The maximum Gasteiger partial charge on any atom is 0.435 e. The molecular formula is C7H6F6N2O. The molecule has 1 aromatic rings. The molecule has 0 radical (unpaired) electrons. The third-order valence-electron chi connectivity index (χ3n) is 1.80. The van der Waals surface area contributed by atoms with Gasteiger partial charge in [-0.25, -0.2) is 0 Å². The van der Waals surface area contributed by atoms with Gasteiger partial charge in [0.2, 0.25) is 0 Å². The van der Waals surface area contributed by atoms with Gasteiger partial charge < -0.3 is 5.11 Å². The molecule has 0 saturated carbocycles. The van der Waals surface area contributed by atoms with Gasteiger partial charge >= 0.3 is 12.4 Å². The van der Waals surface area contributed by atoms with Crippen LogP contribution in [0.25, 0.3) is 0 Å². The van der Waals surface area contributed by atoms with Crippen LogP contribution in [0.1, 0.15) is 17.5 Å². The lowest BCUT2D eigenvalue weighted by Crippen LogP contribution is -2.22. The summed E-state index contributed by atoms with van der Waals surface area (Å²) >= 11 is 0. The molecule has 0 saturated heterocycles. The summed E-state index contributed by atoms with van der Waals surface area (Å²) in [6, 6.07) is 0.165. The van der Waals surface area contributed by atoms with Crippen molar-refractivity contribution in [1.29, 1.82) is 0 Å². The van der Waals surface area contributed by atoms with E-state index in [4.69, 9.17) is 5.11 Å². The fourth-order valence-electron chi connectivity index (χ4n) is 1.04. The molecule has 3 nitrogen and oxygen atoms in total. The van der Waals surface area contributed by atoms with Gasteiger partial charge in [0.1, 0.15) is 0 Å². The van der Waals surface area contributed by atoms with Crippen LogP contribution in [0.5, 0.6) is 0 Å². The third kappa shape index (κ3) is 2.46. The van der Waals surface area contributed by atoms with Crippen molar-refractivity contribution in [2.24, 2.45) is 7.05 Å². The SMILES string of the molecule is Cn1nc(C(F)(F)F)cc1[C@@H](O)C(F)(F)F. The van der Waals surface area contributed by atoms with Crippen LogP contribution >= 0.6 is 0 Å². The van der Waals surface area contributed by atoms with Crippen molar-refractivity contribution < 1.29 is 31.4 Å². The summed E-state index contributed by atoms with van der Waals surface area (Å²) in [5, 5.41) is 11.6. The van der Waals surface area contributed by atoms with Crippen molar-refractivity contribution >= 4 is 0 Å². The molecule has 1 rings (SSSR count). The fraction of sp³-hybridized carbons (Fsp3) is 0.571. The van der Waals surface area contributed by atoms with Crippen molar-refractivity contribution in [1.82, 2.24) is 9.78 Å². The monoisotopic (exact) mass is 248 g/mol. The molecule has 1 aromatic heterocycles. The molecule has 0 aromatic carbocycles. The maximum atomic E-state index is 12.1. The van der Waals surface area contributed by atoms with Gasteiger partial charge in [-0.1, -0.05) is 0 Å².